The van der Waals surface area contributed by atoms with E-state index in [0.29, 0.717) is 17.7 Å². The molecule has 0 spiro atoms. The highest BCUT2D eigenvalue weighted by molar-refractivity contribution is 5.28. The van der Waals surface area contributed by atoms with Gasteiger partial charge in [-0.1, -0.05) is 0 Å². The molecule has 0 unspecified atom stereocenters. The molecular weight excluding hydrogens is 154 g/mol. The molecule has 0 aromatic carbocycles. The molecule has 1 aliphatic rings. The standard InChI is InChI=1S/C8H11N3O/c12-5-7-3-4-9-8(11-7)10-6-1-2-6/h3-4,6,12H,1-2,5H2,(H,9,10,11). The van der Waals surface area contributed by atoms with Crippen molar-refractivity contribution in [1.82, 2.24) is 9.97 Å². The van der Waals surface area contributed by atoms with Gasteiger partial charge in [-0.15, -0.1) is 0 Å². The van der Waals surface area contributed by atoms with Crippen LogP contribution in [0.2, 0.25) is 0 Å². The second kappa shape index (κ2) is 3.06. The fourth-order valence-corrected chi connectivity index (χ4v) is 0.964. The van der Waals surface area contributed by atoms with Crippen LogP contribution < -0.4 is 5.32 Å². The van der Waals surface area contributed by atoms with E-state index >= 15 is 0 Å². The molecule has 64 valence electrons. The van der Waals surface area contributed by atoms with Crippen LogP contribution in [-0.4, -0.2) is 21.1 Å². The summed E-state index contributed by atoms with van der Waals surface area (Å²) in [7, 11) is 0. The Morgan fingerprint density at radius 3 is 3.08 bits per heavy atom. The minimum absolute atomic E-state index is 0.0259. The van der Waals surface area contributed by atoms with E-state index in [9.17, 15) is 0 Å². The Balaban J connectivity index is 2.08. The van der Waals surface area contributed by atoms with Crippen LogP contribution in [0.15, 0.2) is 12.3 Å². The van der Waals surface area contributed by atoms with Crippen molar-refractivity contribution in [3.8, 4) is 0 Å². The van der Waals surface area contributed by atoms with Gasteiger partial charge in [0.15, 0.2) is 0 Å². The summed E-state index contributed by atoms with van der Waals surface area (Å²) in [5.74, 6) is 0.629. The third-order valence-corrected chi connectivity index (χ3v) is 1.79. The lowest BCUT2D eigenvalue weighted by Gasteiger charge is -2.02. The molecule has 0 atom stereocenters. The average Bonchev–Trinajstić information content (AvgIpc) is 2.89. The topological polar surface area (TPSA) is 58.0 Å². The maximum absolute atomic E-state index is 8.79. The summed E-state index contributed by atoms with van der Waals surface area (Å²) < 4.78 is 0. The number of hydrogen-bond acceptors (Lipinski definition) is 4. The molecule has 0 amide bonds. The zero-order chi connectivity index (χ0) is 8.39. The van der Waals surface area contributed by atoms with Crippen LogP contribution in [-0.2, 0) is 6.61 Å². The molecule has 1 fully saturated rings. The molecule has 2 rings (SSSR count). The fourth-order valence-electron chi connectivity index (χ4n) is 0.964. The van der Waals surface area contributed by atoms with Crippen LogP contribution in [0.3, 0.4) is 0 Å². The molecule has 4 nitrogen and oxygen atoms in total. The van der Waals surface area contributed by atoms with Crippen molar-refractivity contribution in [2.75, 3.05) is 5.32 Å². The SMILES string of the molecule is OCc1ccnc(NC2CC2)n1. The number of anilines is 1. The van der Waals surface area contributed by atoms with E-state index in [1.54, 1.807) is 12.3 Å². The van der Waals surface area contributed by atoms with Gasteiger partial charge in [-0.05, 0) is 18.9 Å². The fraction of sp³-hybridized carbons (Fsp3) is 0.500. The predicted molar refractivity (Wildman–Crippen MR) is 44.6 cm³/mol. The van der Waals surface area contributed by atoms with E-state index in [1.165, 1.54) is 12.8 Å². The molecule has 1 heterocycles. The molecule has 1 aliphatic carbocycles. The summed E-state index contributed by atoms with van der Waals surface area (Å²) in [6.45, 7) is -0.0259. The van der Waals surface area contributed by atoms with Crippen molar-refractivity contribution in [1.29, 1.82) is 0 Å². The van der Waals surface area contributed by atoms with Gasteiger partial charge in [0.1, 0.15) is 0 Å². The highest BCUT2D eigenvalue weighted by atomic mass is 16.3. The number of nitrogens with one attached hydrogen (secondary N) is 1. The molecule has 1 saturated carbocycles. The minimum atomic E-state index is -0.0259. The lowest BCUT2D eigenvalue weighted by molar-refractivity contribution is 0.277. The molecular formula is C8H11N3O. The molecule has 12 heavy (non-hydrogen) atoms. The highest BCUT2D eigenvalue weighted by Gasteiger charge is 2.21. The lowest BCUT2D eigenvalue weighted by atomic mass is 10.4. The van der Waals surface area contributed by atoms with Gasteiger partial charge in [0, 0.05) is 12.2 Å². The van der Waals surface area contributed by atoms with Gasteiger partial charge >= 0.3 is 0 Å². The van der Waals surface area contributed by atoms with Gasteiger partial charge in [-0.3, -0.25) is 0 Å². The smallest absolute Gasteiger partial charge is 0.223 e. The molecule has 0 bridgehead atoms. The van der Waals surface area contributed by atoms with Crippen molar-refractivity contribution in [2.45, 2.75) is 25.5 Å². The number of hydrogen-bond donors (Lipinski definition) is 2. The second-order valence-corrected chi connectivity index (χ2v) is 2.95. The van der Waals surface area contributed by atoms with E-state index < -0.39 is 0 Å². The third-order valence-electron chi connectivity index (χ3n) is 1.79. The Labute approximate surface area is 70.7 Å². The van der Waals surface area contributed by atoms with E-state index in [1.807, 2.05) is 0 Å². The third kappa shape index (κ3) is 1.71. The summed E-state index contributed by atoms with van der Waals surface area (Å²) in [4.78, 5) is 8.13. The summed E-state index contributed by atoms with van der Waals surface area (Å²) in [5, 5.41) is 12.0. The summed E-state index contributed by atoms with van der Waals surface area (Å²) >= 11 is 0. The molecule has 0 radical (unpaired) electrons. The molecule has 0 aliphatic heterocycles. The molecule has 1 aromatic heterocycles. The Morgan fingerprint density at radius 1 is 1.58 bits per heavy atom. The second-order valence-electron chi connectivity index (χ2n) is 2.95. The van der Waals surface area contributed by atoms with Crippen LogP contribution >= 0.6 is 0 Å². The Hall–Kier alpha value is -1.16. The quantitative estimate of drug-likeness (QED) is 0.686. The van der Waals surface area contributed by atoms with Gasteiger partial charge in [0.25, 0.3) is 0 Å². The average molecular weight is 165 g/mol. The maximum atomic E-state index is 8.79. The largest absolute Gasteiger partial charge is 0.390 e. The number of aliphatic hydroxyl groups excluding tert-OH is 1. The van der Waals surface area contributed by atoms with E-state index in [4.69, 9.17) is 5.11 Å². The number of rotatable bonds is 3. The van der Waals surface area contributed by atoms with Crippen molar-refractivity contribution in [3.05, 3.63) is 18.0 Å². The predicted octanol–water partition coefficient (Wildman–Crippen LogP) is 0.543. The monoisotopic (exact) mass is 165 g/mol. The first-order valence-electron chi connectivity index (χ1n) is 4.08. The van der Waals surface area contributed by atoms with Crippen molar-refractivity contribution in [2.24, 2.45) is 0 Å². The number of nitrogens with zero attached hydrogens (tertiary/aromatic N) is 2. The van der Waals surface area contributed by atoms with E-state index in [-0.39, 0.29) is 6.61 Å². The molecule has 1 aromatic rings. The van der Waals surface area contributed by atoms with Crippen LogP contribution in [0.5, 0.6) is 0 Å². The lowest BCUT2D eigenvalue weighted by Crippen LogP contribution is -2.06. The summed E-state index contributed by atoms with van der Waals surface area (Å²) in [6.07, 6.45) is 4.06. The normalized spacial score (nSPS) is 16.1. The summed E-state index contributed by atoms with van der Waals surface area (Å²) in [6, 6.07) is 2.26. The Morgan fingerprint density at radius 2 is 2.42 bits per heavy atom. The number of aliphatic hydroxyl groups is 1. The van der Waals surface area contributed by atoms with Crippen molar-refractivity contribution < 1.29 is 5.11 Å². The zero-order valence-electron chi connectivity index (χ0n) is 6.70. The molecule has 0 saturated heterocycles. The van der Waals surface area contributed by atoms with Gasteiger partial charge in [-0.2, -0.15) is 0 Å². The van der Waals surface area contributed by atoms with Crippen LogP contribution in [0.25, 0.3) is 0 Å². The van der Waals surface area contributed by atoms with E-state index in [2.05, 4.69) is 15.3 Å². The maximum Gasteiger partial charge on any atom is 0.223 e. The van der Waals surface area contributed by atoms with Crippen molar-refractivity contribution in [3.63, 3.8) is 0 Å². The highest BCUT2D eigenvalue weighted by Crippen LogP contribution is 2.22. The van der Waals surface area contributed by atoms with E-state index in [0.717, 1.165) is 0 Å². The van der Waals surface area contributed by atoms with Crippen LogP contribution in [0.4, 0.5) is 5.95 Å². The first-order valence-corrected chi connectivity index (χ1v) is 4.08. The minimum Gasteiger partial charge on any atom is -0.390 e. The van der Waals surface area contributed by atoms with Gasteiger partial charge in [0.05, 0.1) is 12.3 Å². The van der Waals surface area contributed by atoms with Crippen LogP contribution in [0.1, 0.15) is 18.5 Å². The van der Waals surface area contributed by atoms with Crippen LogP contribution in [0, 0.1) is 0 Å². The molecule has 4 heteroatoms. The summed E-state index contributed by atoms with van der Waals surface area (Å²) in [5.41, 5.74) is 0.660. The van der Waals surface area contributed by atoms with Gasteiger partial charge in [0.2, 0.25) is 5.95 Å². The molecule has 2 N–H and O–H groups in total. The van der Waals surface area contributed by atoms with Gasteiger partial charge in [-0.25, -0.2) is 9.97 Å². The first kappa shape index (κ1) is 7.49. The van der Waals surface area contributed by atoms with Crippen molar-refractivity contribution >= 4 is 5.95 Å². The first-order chi connectivity index (χ1) is 5.88. The Bertz CT molecular complexity index is 273. The number of aromatic nitrogens is 2. The van der Waals surface area contributed by atoms with Gasteiger partial charge < -0.3 is 10.4 Å². The Kier molecular flexibility index (Phi) is 1.91. The zero-order valence-corrected chi connectivity index (χ0v) is 6.70.